The topological polar surface area (TPSA) is 65.0 Å². The number of fused-ring (bicyclic) bond motifs is 1. The van der Waals surface area contributed by atoms with Gasteiger partial charge in [0.1, 0.15) is 11.5 Å². The molecule has 2 aromatic carbocycles. The van der Waals surface area contributed by atoms with Crippen molar-refractivity contribution in [3.63, 3.8) is 0 Å². The largest absolute Gasteiger partial charge is 0.463 e. The normalized spacial score (nSPS) is 11.2. The van der Waals surface area contributed by atoms with Crippen LogP contribution in [-0.4, -0.2) is 20.3 Å². The number of aromatic nitrogens is 3. The Morgan fingerprint density at radius 3 is 2.69 bits per heavy atom. The number of carbonyl (C=O) groups is 1. The van der Waals surface area contributed by atoms with Crippen LogP contribution in [0.2, 0.25) is 0 Å². The van der Waals surface area contributed by atoms with Crippen molar-refractivity contribution in [3.05, 3.63) is 108 Å². The number of aryl methyl sites for hydroxylation is 1. The Morgan fingerprint density at radius 2 is 1.88 bits per heavy atom. The van der Waals surface area contributed by atoms with Gasteiger partial charge in [0, 0.05) is 24.9 Å². The molecule has 0 aliphatic carbocycles. The van der Waals surface area contributed by atoms with E-state index in [1.807, 2.05) is 35.8 Å². The van der Waals surface area contributed by atoms with E-state index >= 15 is 0 Å². The minimum Gasteiger partial charge on any atom is -0.463 e. The number of benzene rings is 2. The third-order valence-electron chi connectivity index (χ3n) is 5.30. The molecule has 0 saturated carbocycles. The van der Waals surface area contributed by atoms with Gasteiger partial charge in [-0.3, -0.25) is 9.48 Å². The smallest absolute Gasteiger partial charge is 0.272 e. The molecule has 1 N–H and O–H groups in total. The summed E-state index contributed by atoms with van der Waals surface area (Å²) in [6.07, 6.45) is 4.99. The van der Waals surface area contributed by atoms with Gasteiger partial charge in [0.15, 0.2) is 5.58 Å². The number of nitrogens with zero attached hydrogens (tertiary/aromatic N) is 3. The quantitative estimate of drug-likeness (QED) is 0.403. The number of furan rings is 1. The van der Waals surface area contributed by atoms with Crippen molar-refractivity contribution in [1.29, 1.82) is 0 Å². The Kier molecular flexibility index (Phi) is 5.07. The first-order valence-corrected chi connectivity index (χ1v) is 10.3. The molecule has 1 amide bonds. The molecule has 32 heavy (non-hydrogen) atoms. The summed E-state index contributed by atoms with van der Waals surface area (Å²) < 4.78 is 22.7. The zero-order chi connectivity index (χ0) is 22.1. The second kappa shape index (κ2) is 8.19. The maximum absolute atomic E-state index is 13.7. The van der Waals surface area contributed by atoms with Crippen LogP contribution in [0, 0.1) is 12.7 Å². The van der Waals surface area contributed by atoms with Gasteiger partial charge < -0.3 is 14.3 Å². The first-order valence-electron chi connectivity index (χ1n) is 10.3. The van der Waals surface area contributed by atoms with Gasteiger partial charge in [-0.1, -0.05) is 42.0 Å². The lowest BCUT2D eigenvalue weighted by molar-refractivity contribution is 0.101. The predicted molar refractivity (Wildman–Crippen MR) is 120 cm³/mol. The summed E-state index contributed by atoms with van der Waals surface area (Å²) >= 11 is 0. The van der Waals surface area contributed by atoms with E-state index in [2.05, 4.69) is 16.5 Å². The van der Waals surface area contributed by atoms with Crippen LogP contribution < -0.4 is 5.32 Å². The molecule has 6 nitrogen and oxygen atoms in total. The third kappa shape index (κ3) is 4.05. The van der Waals surface area contributed by atoms with E-state index in [1.165, 1.54) is 17.7 Å². The number of rotatable bonds is 6. The summed E-state index contributed by atoms with van der Waals surface area (Å²) in [5.74, 6) is -0.604. The second-order valence-electron chi connectivity index (χ2n) is 7.79. The minimum absolute atomic E-state index is 0.289. The number of hydrogen-bond acceptors (Lipinski definition) is 3. The molecule has 0 atom stereocenters. The molecule has 5 rings (SSSR count). The number of carbonyl (C=O) groups excluding carboxylic acids is 1. The van der Waals surface area contributed by atoms with Gasteiger partial charge in [0.25, 0.3) is 5.91 Å². The van der Waals surface area contributed by atoms with E-state index in [0.29, 0.717) is 30.1 Å². The van der Waals surface area contributed by atoms with Crippen molar-refractivity contribution in [2.45, 2.75) is 20.0 Å². The Bertz CT molecular complexity index is 1410. The van der Waals surface area contributed by atoms with Crippen LogP contribution in [0.4, 0.5) is 10.1 Å². The van der Waals surface area contributed by atoms with E-state index in [4.69, 9.17) is 4.42 Å². The molecule has 160 valence electrons. The molecule has 0 radical (unpaired) electrons. The standard InChI is InChI=1S/C25H21FN4O2/c1-17-4-2-5-18(10-17)14-29-16-21(13-27-29)28-25(31)23-12-24-22(8-9-32-24)30(23)15-19-6-3-7-20(26)11-19/h2-13,16H,14-15H2,1H3,(H,28,31). The first-order chi connectivity index (χ1) is 15.5. The van der Waals surface area contributed by atoms with Gasteiger partial charge in [0.2, 0.25) is 0 Å². The molecular weight excluding hydrogens is 407 g/mol. The fourth-order valence-electron chi connectivity index (χ4n) is 3.86. The number of nitrogens with one attached hydrogen (secondary N) is 1. The average molecular weight is 428 g/mol. The van der Waals surface area contributed by atoms with E-state index in [-0.39, 0.29) is 11.7 Å². The van der Waals surface area contributed by atoms with Gasteiger partial charge >= 0.3 is 0 Å². The fraction of sp³-hybridized carbons (Fsp3) is 0.120. The monoisotopic (exact) mass is 428 g/mol. The van der Waals surface area contributed by atoms with Gasteiger partial charge in [0.05, 0.1) is 30.2 Å². The highest BCUT2D eigenvalue weighted by Crippen LogP contribution is 2.24. The highest BCUT2D eigenvalue weighted by Gasteiger charge is 2.18. The zero-order valence-corrected chi connectivity index (χ0v) is 17.5. The Hall–Kier alpha value is -4.13. The molecule has 0 saturated heterocycles. The molecule has 7 heteroatoms. The summed E-state index contributed by atoms with van der Waals surface area (Å²) in [6, 6.07) is 18.0. The molecule has 0 unspecified atom stereocenters. The SMILES string of the molecule is Cc1cccc(Cn2cc(NC(=O)c3cc4occc4n3Cc3cccc(F)c3)cn2)c1. The van der Waals surface area contributed by atoms with Crippen LogP contribution in [0.3, 0.4) is 0 Å². The summed E-state index contributed by atoms with van der Waals surface area (Å²) in [5.41, 5.74) is 5.47. The van der Waals surface area contributed by atoms with Crippen LogP contribution in [0.15, 0.2) is 83.7 Å². The average Bonchev–Trinajstić information content (AvgIpc) is 3.46. The van der Waals surface area contributed by atoms with Gasteiger partial charge in [-0.05, 0) is 30.2 Å². The molecular formula is C25H21FN4O2. The Morgan fingerprint density at radius 1 is 1.06 bits per heavy atom. The Balaban J connectivity index is 1.37. The minimum atomic E-state index is -0.315. The van der Waals surface area contributed by atoms with E-state index in [0.717, 1.165) is 16.6 Å². The van der Waals surface area contributed by atoms with E-state index in [1.54, 1.807) is 41.5 Å². The van der Waals surface area contributed by atoms with Crippen molar-refractivity contribution in [3.8, 4) is 0 Å². The zero-order valence-electron chi connectivity index (χ0n) is 17.5. The maximum Gasteiger partial charge on any atom is 0.272 e. The highest BCUT2D eigenvalue weighted by molar-refractivity contribution is 6.05. The van der Waals surface area contributed by atoms with Gasteiger partial charge in [-0.2, -0.15) is 5.10 Å². The number of hydrogen-bond donors (Lipinski definition) is 1. The fourth-order valence-corrected chi connectivity index (χ4v) is 3.86. The number of halogens is 1. The summed E-state index contributed by atoms with van der Waals surface area (Å²) in [4.78, 5) is 13.1. The Labute approximate surface area is 183 Å². The van der Waals surface area contributed by atoms with Crippen LogP contribution in [-0.2, 0) is 13.1 Å². The lowest BCUT2D eigenvalue weighted by Crippen LogP contribution is -2.17. The van der Waals surface area contributed by atoms with Gasteiger partial charge in [-0.25, -0.2) is 4.39 Å². The summed E-state index contributed by atoms with van der Waals surface area (Å²) in [5, 5.41) is 7.26. The first kappa shape index (κ1) is 19.8. The molecule has 0 fully saturated rings. The molecule has 5 aromatic rings. The van der Waals surface area contributed by atoms with Crippen LogP contribution in [0.25, 0.3) is 11.1 Å². The van der Waals surface area contributed by atoms with Crippen molar-refractivity contribution in [2.75, 3.05) is 5.32 Å². The maximum atomic E-state index is 13.7. The molecule has 3 aromatic heterocycles. The van der Waals surface area contributed by atoms with Crippen molar-refractivity contribution >= 4 is 22.7 Å². The predicted octanol–water partition coefficient (Wildman–Crippen LogP) is 5.23. The second-order valence-corrected chi connectivity index (χ2v) is 7.79. The third-order valence-corrected chi connectivity index (χ3v) is 5.30. The van der Waals surface area contributed by atoms with Crippen molar-refractivity contribution < 1.29 is 13.6 Å². The van der Waals surface area contributed by atoms with Crippen molar-refractivity contribution in [2.24, 2.45) is 0 Å². The molecule has 0 aliphatic heterocycles. The molecule has 0 spiro atoms. The molecule has 0 aliphatic rings. The highest BCUT2D eigenvalue weighted by atomic mass is 19.1. The number of anilines is 1. The number of amides is 1. The molecule has 3 heterocycles. The van der Waals surface area contributed by atoms with E-state index in [9.17, 15) is 9.18 Å². The lowest BCUT2D eigenvalue weighted by Gasteiger charge is -2.10. The molecule has 0 bridgehead atoms. The lowest BCUT2D eigenvalue weighted by atomic mass is 10.1. The van der Waals surface area contributed by atoms with Gasteiger partial charge in [-0.15, -0.1) is 0 Å². The van der Waals surface area contributed by atoms with Crippen LogP contribution >= 0.6 is 0 Å². The van der Waals surface area contributed by atoms with Crippen LogP contribution in [0.5, 0.6) is 0 Å². The van der Waals surface area contributed by atoms with Crippen LogP contribution in [0.1, 0.15) is 27.2 Å². The van der Waals surface area contributed by atoms with E-state index < -0.39 is 0 Å². The summed E-state index contributed by atoms with van der Waals surface area (Å²) in [7, 11) is 0. The summed E-state index contributed by atoms with van der Waals surface area (Å²) in [6.45, 7) is 3.00. The van der Waals surface area contributed by atoms with Crippen molar-refractivity contribution in [1.82, 2.24) is 14.3 Å².